The Labute approximate surface area is 134 Å². The van der Waals surface area contributed by atoms with Gasteiger partial charge >= 0.3 is 0 Å². The number of aryl methyl sites for hydroxylation is 1. The number of amides is 1. The van der Waals surface area contributed by atoms with Crippen molar-refractivity contribution in [3.63, 3.8) is 0 Å². The van der Waals surface area contributed by atoms with E-state index in [0.717, 1.165) is 24.1 Å². The third-order valence-corrected chi connectivity index (χ3v) is 5.04. The molecule has 5 heteroatoms. The van der Waals surface area contributed by atoms with Gasteiger partial charge in [-0.3, -0.25) is 9.78 Å². The van der Waals surface area contributed by atoms with Crippen LogP contribution in [0.2, 0.25) is 0 Å². The summed E-state index contributed by atoms with van der Waals surface area (Å²) >= 11 is 1.62. The van der Waals surface area contributed by atoms with Crippen LogP contribution in [0.25, 0.3) is 11.3 Å². The van der Waals surface area contributed by atoms with Crippen molar-refractivity contribution in [1.82, 2.24) is 10.3 Å². The molecule has 3 rings (SSSR count). The van der Waals surface area contributed by atoms with Gasteiger partial charge in [0.25, 0.3) is 5.91 Å². The summed E-state index contributed by atoms with van der Waals surface area (Å²) in [6.45, 7) is 3.71. The smallest absolute Gasteiger partial charge is 0.253 e. The lowest BCUT2D eigenvalue weighted by molar-refractivity contribution is 0.0823. The molecular weight excluding hydrogens is 296 g/mol. The lowest BCUT2D eigenvalue weighted by atomic mass is 9.96. The van der Waals surface area contributed by atoms with Crippen LogP contribution in [-0.2, 0) is 0 Å². The standard InChI is InChI=1S/C17H20N2O2S/c1-11-14(5-6-15(18-11)12-7-8-22-9-12)16(21)19-17(2,10-20)13-3-4-13/h5-9,13,20H,3-4,10H2,1-2H3,(H,19,21). The first-order valence-corrected chi connectivity index (χ1v) is 8.41. The van der Waals surface area contributed by atoms with Gasteiger partial charge in [-0.15, -0.1) is 0 Å². The van der Waals surface area contributed by atoms with Gasteiger partial charge < -0.3 is 10.4 Å². The van der Waals surface area contributed by atoms with Crippen LogP contribution in [0.1, 0.15) is 35.8 Å². The molecule has 1 amide bonds. The van der Waals surface area contributed by atoms with E-state index in [1.54, 1.807) is 11.3 Å². The first-order chi connectivity index (χ1) is 10.5. The van der Waals surface area contributed by atoms with Crippen molar-refractivity contribution in [3.05, 3.63) is 40.2 Å². The highest BCUT2D eigenvalue weighted by atomic mass is 32.1. The SMILES string of the molecule is Cc1nc(-c2ccsc2)ccc1C(=O)NC(C)(CO)C1CC1. The van der Waals surface area contributed by atoms with E-state index < -0.39 is 5.54 Å². The number of hydrogen-bond donors (Lipinski definition) is 2. The van der Waals surface area contributed by atoms with Gasteiger partial charge in [0.2, 0.25) is 0 Å². The Hall–Kier alpha value is -1.72. The Morgan fingerprint density at radius 2 is 2.23 bits per heavy atom. The number of carbonyl (C=O) groups is 1. The second-order valence-corrected chi connectivity index (χ2v) is 6.93. The molecule has 0 bridgehead atoms. The molecule has 2 aromatic rings. The predicted octanol–water partition coefficient (Wildman–Crippen LogP) is 3.01. The average molecular weight is 316 g/mol. The molecule has 1 aliphatic carbocycles. The molecule has 116 valence electrons. The topological polar surface area (TPSA) is 62.2 Å². The van der Waals surface area contributed by atoms with Crippen LogP contribution >= 0.6 is 11.3 Å². The first kappa shape index (κ1) is 15.2. The fourth-order valence-electron chi connectivity index (χ4n) is 2.69. The van der Waals surface area contributed by atoms with Crippen LogP contribution in [0, 0.1) is 12.8 Å². The minimum atomic E-state index is -0.532. The number of carbonyl (C=O) groups excluding carboxylic acids is 1. The largest absolute Gasteiger partial charge is 0.394 e. The van der Waals surface area contributed by atoms with Crippen LogP contribution in [0.3, 0.4) is 0 Å². The van der Waals surface area contributed by atoms with E-state index in [2.05, 4.69) is 10.3 Å². The molecule has 0 aliphatic heterocycles. The summed E-state index contributed by atoms with van der Waals surface area (Å²) in [4.78, 5) is 17.0. The Bertz CT molecular complexity index is 680. The normalized spacial score (nSPS) is 17.0. The molecule has 1 unspecified atom stereocenters. The molecule has 0 radical (unpaired) electrons. The lowest BCUT2D eigenvalue weighted by Gasteiger charge is -2.29. The van der Waals surface area contributed by atoms with Gasteiger partial charge in [0.15, 0.2) is 0 Å². The third-order valence-electron chi connectivity index (χ3n) is 4.35. The highest BCUT2D eigenvalue weighted by Gasteiger charge is 2.42. The van der Waals surface area contributed by atoms with Crippen molar-refractivity contribution < 1.29 is 9.90 Å². The molecule has 4 nitrogen and oxygen atoms in total. The first-order valence-electron chi connectivity index (χ1n) is 7.47. The summed E-state index contributed by atoms with van der Waals surface area (Å²) in [5.74, 6) is 0.213. The van der Waals surface area contributed by atoms with Crippen LogP contribution in [0.4, 0.5) is 0 Å². The summed E-state index contributed by atoms with van der Waals surface area (Å²) in [5, 5.41) is 16.6. The fraction of sp³-hybridized carbons (Fsp3) is 0.412. The van der Waals surface area contributed by atoms with Gasteiger partial charge in [0.05, 0.1) is 29.1 Å². The maximum Gasteiger partial charge on any atom is 0.253 e. The highest BCUT2D eigenvalue weighted by Crippen LogP contribution is 2.39. The van der Waals surface area contributed by atoms with Crippen LogP contribution in [0.15, 0.2) is 29.0 Å². The zero-order valence-electron chi connectivity index (χ0n) is 12.8. The monoisotopic (exact) mass is 316 g/mol. The van der Waals surface area contributed by atoms with E-state index in [9.17, 15) is 9.90 Å². The van der Waals surface area contributed by atoms with Crippen molar-refractivity contribution in [2.24, 2.45) is 5.92 Å². The summed E-state index contributed by atoms with van der Waals surface area (Å²) in [6, 6.07) is 5.70. The molecule has 0 spiro atoms. The van der Waals surface area contributed by atoms with E-state index in [0.29, 0.717) is 17.2 Å². The van der Waals surface area contributed by atoms with Crippen molar-refractivity contribution in [1.29, 1.82) is 0 Å². The van der Waals surface area contributed by atoms with E-state index in [4.69, 9.17) is 0 Å². The number of nitrogens with zero attached hydrogens (tertiary/aromatic N) is 1. The molecule has 2 aromatic heterocycles. The van der Waals surface area contributed by atoms with Crippen LogP contribution in [0.5, 0.6) is 0 Å². The molecule has 1 fully saturated rings. The zero-order chi connectivity index (χ0) is 15.7. The minimum absolute atomic E-state index is 0.0388. The number of pyridine rings is 1. The summed E-state index contributed by atoms with van der Waals surface area (Å²) in [7, 11) is 0. The van der Waals surface area contributed by atoms with E-state index in [1.807, 2.05) is 42.8 Å². The maximum absolute atomic E-state index is 12.5. The zero-order valence-corrected chi connectivity index (χ0v) is 13.6. The molecule has 2 N–H and O–H groups in total. The predicted molar refractivity (Wildman–Crippen MR) is 88.0 cm³/mol. The van der Waals surface area contributed by atoms with E-state index in [1.165, 1.54) is 0 Å². The molecule has 2 heterocycles. The van der Waals surface area contributed by atoms with Gasteiger partial charge in [-0.1, -0.05) is 0 Å². The van der Waals surface area contributed by atoms with Gasteiger partial charge in [0, 0.05) is 10.9 Å². The molecule has 0 aromatic carbocycles. The Morgan fingerprint density at radius 1 is 1.45 bits per heavy atom. The molecule has 1 atom stereocenters. The van der Waals surface area contributed by atoms with Crippen LogP contribution in [-0.4, -0.2) is 28.1 Å². The molecular formula is C17H20N2O2S. The fourth-order valence-corrected chi connectivity index (χ4v) is 3.34. The second kappa shape index (κ2) is 5.82. The van der Waals surface area contributed by atoms with Crippen molar-refractivity contribution >= 4 is 17.2 Å². The highest BCUT2D eigenvalue weighted by molar-refractivity contribution is 7.08. The molecule has 1 aliphatic rings. The Balaban J connectivity index is 1.81. The minimum Gasteiger partial charge on any atom is -0.394 e. The number of hydrogen-bond acceptors (Lipinski definition) is 4. The number of aliphatic hydroxyl groups is 1. The quantitative estimate of drug-likeness (QED) is 0.891. The van der Waals surface area contributed by atoms with Gasteiger partial charge in [-0.2, -0.15) is 11.3 Å². The Kier molecular flexibility index (Phi) is 4.02. The number of aliphatic hydroxyl groups excluding tert-OH is 1. The van der Waals surface area contributed by atoms with Gasteiger partial charge in [0.1, 0.15) is 0 Å². The summed E-state index contributed by atoms with van der Waals surface area (Å²) in [5.41, 5.74) is 2.69. The van der Waals surface area contributed by atoms with Crippen molar-refractivity contribution in [2.75, 3.05) is 6.61 Å². The van der Waals surface area contributed by atoms with Gasteiger partial charge in [-0.05, 0) is 56.2 Å². The summed E-state index contributed by atoms with van der Waals surface area (Å²) < 4.78 is 0. The van der Waals surface area contributed by atoms with Crippen LogP contribution < -0.4 is 5.32 Å². The van der Waals surface area contributed by atoms with Gasteiger partial charge in [-0.25, -0.2) is 0 Å². The molecule has 1 saturated carbocycles. The number of aromatic nitrogens is 1. The molecule has 22 heavy (non-hydrogen) atoms. The Morgan fingerprint density at radius 3 is 2.77 bits per heavy atom. The van der Waals surface area contributed by atoms with Crippen molar-refractivity contribution in [3.8, 4) is 11.3 Å². The second-order valence-electron chi connectivity index (χ2n) is 6.15. The average Bonchev–Trinajstić information content (AvgIpc) is 3.23. The van der Waals surface area contributed by atoms with E-state index in [-0.39, 0.29) is 12.5 Å². The lowest BCUT2D eigenvalue weighted by Crippen LogP contribution is -2.50. The maximum atomic E-state index is 12.5. The molecule has 0 saturated heterocycles. The third kappa shape index (κ3) is 2.91. The summed E-state index contributed by atoms with van der Waals surface area (Å²) in [6.07, 6.45) is 2.12. The van der Waals surface area contributed by atoms with E-state index >= 15 is 0 Å². The number of thiophene rings is 1. The number of nitrogens with one attached hydrogen (secondary N) is 1. The van der Waals surface area contributed by atoms with Crippen molar-refractivity contribution in [2.45, 2.75) is 32.2 Å². The number of rotatable bonds is 5.